The Morgan fingerprint density at radius 3 is 2.03 bits per heavy atom. The molecular weight excluding hydrogens is 849 g/mol. The van der Waals surface area contributed by atoms with Crippen molar-refractivity contribution in [3.8, 4) is 11.5 Å². The van der Waals surface area contributed by atoms with Gasteiger partial charge in [-0.25, -0.2) is 19.6 Å². The van der Waals surface area contributed by atoms with Crippen molar-refractivity contribution in [1.82, 2.24) is 40.0 Å². The maximum Gasteiger partial charge on any atom is 0.407 e. The number of hydrogen-bond acceptors (Lipinski definition) is 9. The molecule has 0 radical (unpaired) electrons. The number of rotatable bonds is 12. The largest absolute Gasteiger partial charge is 0.465 e. The van der Waals surface area contributed by atoms with Gasteiger partial charge in [-0.2, -0.15) is 0 Å². The lowest BCUT2D eigenvalue weighted by Gasteiger charge is -2.35. The molecule has 3 aliphatic rings. The van der Waals surface area contributed by atoms with Crippen molar-refractivity contribution >= 4 is 57.4 Å². The number of anilines is 2. The fourth-order valence-electron chi connectivity index (χ4n) is 10.6. The number of carbonyl (C=O) groups is 4. The minimum Gasteiger partial charge on any atom is -0.465 e. The Morgan fingerprint density at radius 2 is 1.39 bits per heavy atom. The van der Waals surface area contributed by atoms with E-state index < -0.39 is 24.3 Å². The zero-order valence-corrected chi connectivity index (χ0v) is 39.2. The minimum atomic E-state index is -1.21. The summed E-state index contributed by atoms with van der Waals surface area (Å²) in [6.45, 7) is 12.3. The summed E-state index contributed by atoms with van der Waals surface area (Å²) in [7, 11) is 1.28. The summed E-state index contributed by atoms with van der Waals surface area (Å²) in [4.78, 5) is 75.4. The molecule has 16 heteroatoms. The summed E-state index contributed by atoms with van der Waals surface area (Å²) in [6.07, 6.45) is 6.82. The van der Waals surface area contributed by atoms with E-state index in [1.807, 2.05) is 33.8 Å². The number of H-pyrrole nitrogens is 2. The van der Waals surface area contributed by atoms with Crippen LogP contribution in [0.5, 0.6) is 0 Å². The molecular formula is C51H62N10O6. The van der Waals surface area contributed by atoms with Crippen LogP contribution in [0, 0.1) is 18.8 Å². The van der Waals surface area contributed by atoms with Gasteiger partial charge in [-0.1, -0.05) is 39.8 Å². The normalized spacial score (nSPS) is 19.7. The van der Waals surface area contributed by atoms with Crippen LogP contribution < -0.4 is 20.4 Å². The van der Waals surface area contributed by atoms with Crippen LogP contribution in [-0.4, -0.2) is 97.3 Å². The molecule has 5 N–H and O–H groups in total. The Hall–Kier alpha value is -6.84. The number of carbonyl (C=O) groups excluding carboxylic acids is 3. The summed E-state index contributed by atoms with van der Waals surface area (Å²) in [6, 6.07) is 21.5. The zero-order chi connectivity index (χ0) is 47.1. The third kappa shape index (κ3) is 8.93. The smallest absolute Gasteiger partial charge is 0.407 e. The number of aromatic amines is 2. The molecule has 3 saturated heterocycles. The first-order valence-corrected chi connectivity index (χ1v) is 23.8. The van der Waals surface area contributed by atoms with Crippen LogP contribution in [0.15, 0.2) is 72.9 Å². The summed E-state index contributed by atoms with van der Waals surface area (Å²) < 4.78 is 6.34. The summed E-state index contributed by atoms with van der Waals surface area (Å²) in [5, 5.41) is 14.6. The van der Waals surface area contributed by atoms with E-state index in [1.54, 1.807) is 17.2 Å². The molecule has 0 spiro atoms. The number of fused-ring (bicyclic) bond motifs is 2. The Morgan fingerprint density at radius 1 is 0.731 bits per heavy atom. The second kappa shape index (κ2) is 18.8. The van der Waals surface area contributed by atoms with Crippen LogP contribution in [0.2, 0.25) is 0 Å². The van der Waals surface area contributed by atoms with Gasteiger partial charge in [0.05, 0.1) is 53.0 Å². The van der Waals surface area contributed by atoms with Gasteiger partial charge >= 0.3 is 12.2 Å². The maximum atomic E-state index is 13.8. The molecule has 0 unspecified atom stereocenters. The van der Waals surface area contributed by atoms with E-state index in [0.717, 1.165) is 77.7 Å². The molecule has 3 aliphatic heterocycles. The molecule has 9 rings (SSSR count). The van der Waals surface area contributed by atoms with E-state index in [9.17, 15) is 24.3 Å². The summed E-state index contributed by atoms with van der Waals surface area (Å²) in [5.41, 5.74) is 9.87. The maximum absolute atomic E-state index is 13.8. The van der Waals surface area contributed by atoms with Gasteiger partial charge in [0.15, 0.2) is 5.82 Å². The molecule has 3 aromatic heterocycles. The van der Waals surface area contributed by atoms with Crippen LogP contribution in [0.4, 0.5) is 21.0 Å². The van der Waals surface area contributed by atoms with Crippen molar-refractivity contribution in [2.75, 3.05) is 36.5 Å². The molecule has 0 bridgehead atoms. The molecule has 6 aromatic rings. The van der Waals surface area contributed by atoms with Gasteiger partial charge in [0.2, 0.25) is 5.91 Å². The Kier molecular flexibility index (Phi) is 12.7. The number of alkyl carbamates (subject to hydrolysis) is 1. The molecule has 3 aromatic carbocycles. The van der Waals surface area contributed by atoms with Gasteiger partial charge < -0.3 is 45.1 Å². The lowest BCUT2D eigenvalue weighted by molar-refractivity contribution is -0.135. The molecule has 16 nitrogen and oxygen atoms in total. The second-order valence-electron chi connectivity index (χ2n) is 19.1. The van der Waals surface area contributed by atoms with E-state index in [4.69, 9.17) is 14.7 Å². The number of hydrogen-bond donors (Lipinski definition) is 5. The molecule has 3 amide bonds. The quantitative estimate of drug-likeness (QED) is 0.0790. The van der Waals surface area contributed by atoms with Crippen LogP contribution in [-0.2, 0) is 9.53 Å². The third-order valence-corrected chi connectivity index (χ3v) is 14.0. The first-order valence-electron chi connectivity index (χ1n) is 23.8. The van der Waals surface area contributed by atoms with Crippen LogP contribution in [0.25, 0.3) is 33.6 Å². The average molecular weight is 911 g/mol. The van der Waals surface area contributed by atoms with Gasteiger partial charge in [0.1, 0.15) is 17.9 Å². The van der Waals surface area contributed by atoms with E-state index >= 15 is 0 Å². The van der Waals surface area contributed by atoms with Gasteiger partial charge in [-0.3, -0.25) is 14.2 Å². The molecule has 67 heavy (non-hydrogen) atoms. The van der Waals surface area contributed by atoms with E-state index in [0.29, 0.717) is 23.9 Å². The number of ether oxygens (including phenoxy) is 1. The van der Waals surface area contributed by atoms with Gasteiger partial charge in [-0.05, 0) is 135 Å². The number of aromatic nitrogens is 5. The van der Waals surface area contributed by atoms with Crippen LogP contribution >= 0.6 is 0 Å². The zero-order valence-electron chi connectivity index (χ0n) is 39.2. The van der Waals surface area contributed by atoms with Crippen LogP contribution in [0.1, 0.15) is 118 Å². The number of piperidine rings is 1. The average Bonchev–Trinajstić information content (AvgIpc) is 4.18. The minimum absolute atomic E-state index is 0.0215. The highest BCUT2D eigenvalue weighted by Crippen LogP contribution is 2.48. The Balaban J connectivity index is 1.04. The number of methoxy groups -OCH3 is 1. The molecule has 3 fully saturated rings. The predicted octanol–water partition coefficient (Wildman–Crippen LogP) is 9.27. The summed E-state index contributed by atoms with van der Waals surface area (Å²) in [5.74, 6) is 0.346. The third-order valence-electron chi connectivity index (χ3n) is 14.0. The molecule has 5 atom stereocenters. The van der Waals surface area contributed by atoms with Crippen molar-refractivity contribution in [1.29, 1.82) is 0 Å². The first kappa shape index (κ1) is 45.3. The number of amides is 3. The Bertz CT molecular complexity index is 2800. The van der Waals surface area contributed by atoms with Crippen molar-refractivity contribution in [3.63, 3.8) is 0 Å². The highest BCUT2D eigenvalue weighted by atomic mass is 16.5. The molecule has 0 aliphatic carbocycles. The Labute approximate surface area is 390 Å². The number of nitrogens with one attached hydrogen (secondary N) is 4. The summed E-state index contributed by atoms with van der Waals surface area (Å²) >= 11 is 0. The van der Waals surface area contributed by atoms with Crippen molar-refractivity contribution in [2.24, 2.45) is 11.8 Å². The van der Waals surface area contributed by atoms with E-state index in [-0.39, 0.29) is 41.8 Å². The number of nitrogens with zero attached hydrogens (tertiary/aromatic N) is 6. The number of imidazole rings is 2. The van der Waals surface area contributed by atoms with Gasteiger partial charge in [0.25, 0.3) is 5.91 Å². The fourth-order valence-corrected chi connectivity index (χ4v) is 10.6. The van der Waals surface area contributed by atoms with Crippen molar-refractivity contribution in [2.45, 2.75) is 110 Å². The number of benzene rings is 3. The van der Waals surface area contributed by atoms with Crippen molar-refractivity contribution in [3.05, 3.63) is 95.4 Å². The standard InChI is InChI=1S/C51H62N10O6/c1-29(2)44(56-50(64)65)48(62)59-24-10-12-42(59)46-52-35-17-14-32(27-37(35)54-46)40-20-21-41(61(40)34-16-19-39(31(5)26-34)58-22-8-7-9-23-58)33-15-18-36-38(28-33)55-47(53-36)43-13-11-25-60(43)49(63)45(30(3)4)57-51(66)67-6/h11,13-19,25-30,40-42,44-45,56H,7-10,12,20-24H2,1-6H3,(H,52,54)(H,53,55)(H,57,66)(H,64,65)/t40-,41-,42+,44+,45+/m1/s1. The first-order chi connectivity index (χ1) is 32.3. The van der Waals surface area contributed by atoms with Gasteiger partial charge in [0, 0.05) is 37.2 Å². The van der Waals surface area contributed by atoms with Crippen LogP contribution in [0.3, 0.4) is 0 Å². The highest BCUT2D eigenvalue weighted by Gasteiger charge is 2.39. The molecule has 0 saturated carbocycles. The molecule has 352 valence electrons. The highest BCUT2D eigenvalue weighted by molar-refractivity contribution is 5.91. The predicted molar refractivity (Wildman–Crippen MR) is 258 cm³/mol. The van der Waals surface area contributed by atoms with E-state index in [2.05, 4.69) is 91.9 Å². The molecule has 6 heterocycles. The lowest BCUT2D eigenvalue weighted by Crippen LogP contribution is -2.50. The topological polar surface area (TPSA) is 194 Å². The monoisotopic (exact) mass is 910 g/mol. The van der Waals surface area contributed by atoms with Gasteiger partial charge in [-0.15, -0.1) is 0 Å². The number of aryl methyl sites for hydroxylation is 1. The fraction of sp³-hybridized carbons (Fsp3) is 0.451. The number of carboxylic acid groups (broad SMARTS) is 1. The van der Waals surface area contributed by atoms with Crippen molar-refractivity contribution < 1.29 is 29.0 Å². The number of likely N-dealkylation sites (tertiary alicyclic amines) is 1. The second-order valence-corrected chi connectivity index (χ2v) is 19.1. The van der Waals surface area contributed by atoms with E-state index in [1.165, 1.54) is 42.2 Å². The lowest BCUT2D eigenvalue weighted by atomic mass is 10.0. The SMILES string of the molecule is COC(=O)N[C@H](C(=O)n1cccc1-c1nc2cc([C@H]3CC[C@H](c4ccc5[nH]c([C@@H]6CCCN6C(=O)[C@@H](NC(=O)O)C(C)C)nc5c4)N3c3ccc(N4CCCCC4)c(C)c3)ccc2[nH]1)C(C)C.